The summed E-state index contributed by atoms with van der Waals surface area (Å²) in [5.74, 6) is 0. The lowest BCUT2D eigenvalue weighted by molar-refractivity contribution is 1.11. The van der Waals surface area contributed by atoms with E-state index < -0.39 is 0 Å². The van der Waals surface area contributed by atoms with Crippen LogP contribution in [0.4, 0.5) is 0 Å². The summed E-state index contributed by atoms with van der Waals surface area (Å²) in [4.78, 5) is 1.24. The zero-order valence-corrected chi connectivity index (χ0v) is 14.7. The molecular formula is C16H12BrClS2. The average Bonchev–Trinajstić information content (AvgIpc) is 2.92. The van der Waals surface area contributed by atoms with Gasteiger partial charge in [0, 0.05) is 14.1 Å². The van der Waals surface area contributed by atoms with Crippen LogP contribution in [0.15, 0.2) is 57.2 Å². The Bertz CT molecular complexity index is 751. The van der Waals surface area contributed by atoms with Gasteiger partial charge in [0.15, 0.2) is 0 Å². The van der Waals surface area contributed by atoms with Gasteiger partial charge < -0.3 is 0 Å². The zero-order chi connectivity index (χ0) is 14.1. The molecule has 20 heavy (non-hydrogen) atoms. The highest BCUT2D eigenvalue weighted by molar-refractivity contribution is 9.10. The molecule has 0 amide bonds. The molecule has 0 saturated carbocycles. The molecule has 1 atom stereocenters. The summed E-state index contributed by atoms with van der Waals surface area (Å²) in [5, 5.41) is 3.30. The van der Waals surface area contributed by atoms with Gasteiger partial charge in [-0.2, -0.15) is 0 Å². The Balaban J connectivity index is 2.13. The van der Waals surface area contributed by atoms with E-state index in [1.165, 1.54) is 26.1 Å². The predicted molar refractivity (Wildman–Crippen MR) is 95.4 cm³/mol. The van der Waals surface area contributed by atoms with E-state index in [4.69, 9.17) is 11.6 Å². The third-order valence-electron chi connectivity index (χ3n) is 3.27. The smallest absolute Gasteiger partial charge is 0.0860 e. The van der Waals surface area contributed by atoms with Gasteiger partial charge in [0.1, 0.15) is 0 Å². The van der Waals surface area contributed by atoms with Gasteiger partial charge in [0.25, 0.3) is 0 Å². The van der Waals surface area contributed by atoms with Crippen LogP contribution in [0, 0.1) is 0 Å². The van der Waals surface area contributed by atoms with E-state index in [2.05, 4.69) is 70.0 Å². The van der Waals surface area contributed by atoms with Crippen molar-refractivity contribution in [2.24, 2.45) is 0 Å². The molecule has 0 aliphatic carbocycles. The number of hydrogen-bond acceptors (Lipinski definition) is 2. The maximum atomic E-state index is 6.77. The van der Waals surface area contributed by atoms with Gasteiger partial charge in [-0.25, -0.2) is 0 Å². The number of halogens is 2. The lowest BCUT2D eigenvalue weighted by atomic mass is 10.0. The van der Waals surface area contributed by atoms with Crippen LogP contribution in [-0.2, 0) is 0 Å². The van der Waals surface area contributed by atoms with E-state index in [1.807, 2.05) is 0 Å². The summed E-state index contributed by atoms with van der Waals surface area (Å²) in [6, 6.07) is 14.6. The lowest BCUT2D eigenvalue weighted by Gasteiger charge is -2.13. The van der Waals surface area contributed by atoms with Gasteiger partial charge in [0.05, 0.1) is 5.38 Å². The van der Waals surface area contributed by atoms with E-state index >= 15 is 0 Å². The van der Waals surface area contributed by atoms with Crippen LogP contribution in [0.5, 0.6) is 0 Å². The molecule has 0 bridgehead atoms. The molecule has 1 aromatic heterocycles. The highest BCUT2D eigenvalue weighted by Crippen LogP contribution is 2.42. The van der Waals surface area contributed by atoms with Gasteiger partial charge in [-0.15, -0.1) is 34.7 Å². The first-order chi connectivity index (χ1) is 9.72. The molecule has 2 aromatic carbocycles. The predicted octanol–water partition coefficient (Wildman–Crippen LogP) is 6.71. The van der Waals surface area contributed by atoms with Crippen LogP contribution >= 0.6 is 50.6 Å². The number of benzene rings is 2. The van der Waals surface area contributed by atoms with Crippen molar-refractivity contribution in [1.29, 1.82) is 0 Å². The van der Waals surface area contributed by atoms with Gasteiger partial charge in [-0.3, -0.25) is 0 Å². The summed E-state index contributed by atoms with van der Waals surface area (Å²) in [7, 11) is 0. The molecule has 3 rings (SSSR count). The number of thioether (sulfide) groups is 1. The minimum atomic E-state index is -0.110. The van der Waals surface area contributed by atoms with Crippen molar-refractivity contribution >= 4 is 60.7 Å². The van der Waals surface area contributed by atoms with Gasteiger partial charge in [-0.05, 0) is 56.2 Å². The van der Waals surface area contributed by atoms with Crippen molar-refractivity contribution in [2.75, 3.05) is 6.26 Å². The topological polar surface area (TPSA) is 0 Å². The van der Waals surface area contributed by atoms with Gasteiger partial charge in [0.2, 0.25) is 0 Å². The van der Waals surface area contributed by atoms with E-state index in [9.17, 15) is 0 Å². The van der Waals surface area contributed by atoms with Crippen LogP contribution in [0.3, 0.4) is 0 Å². The first kappa shape index (κ1) is 14.5. The Morgan fingerprint density at radius 2 is 1.90 bits per heavy atom. The summed E-state index contributed by atoms with van der Waals surface area (Å²) >= 11 is 13.9. The summed E-state index contributed by atoms with van der Waals surface area (Å²) in [6.45, 7) is 0. The van der Waals surface area contributed by atoms with Crippen LogP contribution < -0.4 is 0 Å². The molecule has 0 spiro atoms. The zero-order valence-electron chi connectivity index (χ0n) is 10.8. The summed E-state index contributed by atoms with van der Waals surface area (Å²) in [5.41, 5.74) is 2.37. The number of rotatable bonds is 3. The van der Waals surface area contributed by atoms with Crippen LogP contribution in [-0.4, -0.2) is 6.26 Å². The third-order valence-corrected chi connectivity index (χ3v) is 6.52. The maximum Gasteiger partial charge on any atom is 0.0860 e. The van der Waals surface area contributed by atoms with Crippen molar-refractivity contribution in [3.63, 3.8) is 0 Å². The van der Waals surface area contributed by atoms with Crippen molar-refractivity contribution in [2.45, 2.75) is 10.3 Å². The Morgan fingerprint density at radius 1 is 1.10 bits per heavy atom. The first-order valence-corrected chi connectivity index (χ1v) is 9.48. The van der Waals surface area contributed by atoms with Crippen molar-refractivity contribution in [1.82, 2.24) is 0 Å². The van der Waals surface area contributed by atoms with Crippen molar-refractivity contribution in [3.8, 4) is 0 Å². The van der Waals surface area contributed by atoms with E-state index in [1.54, 1.807) is 23.1 Å². The van der Waals surface area contributed by atoms with Crippen molar-refractivity contribution < 1.29 is 0 Å². The normalized spacial score (nSPS) is 12.8. The second-order valence-corrected chi connectivity index (χ2v) is 7.43. The van der Waals surface area contributed by atoms with E-state index in [0.29, 0.717) is 0 Å². The lowest BCUT2D eigenvalue weighted by Crippen LogP contribution is -1.94. The van der Waals surface area contributed by atoms with Gasteiger partial charge in [-0.1, -0.05) is 30.3 Å². The molecule has 0 aliphatic rings. The Kier molecular flexibility index (Phi) is 4.41. The molecule has 1 unspecified atom stereocenters. The molecule has 0 nitrogen and oxygen atoms in total. The third kappa shape index (κ3) is 2.52. The highest BCUT2D eigenvalue weighted by Gasteiger charge is 2.18. The molecule has 0 N–H and O–H groups in total. The molecule has 1 heterocycles. The molecule has 0 radical (unpaired) electrons. The number of fused-ring (bicyclic) bond motifs is 1. The first-order valence-electron chi connectivity index (χ1n) is 6.15. The minimum absolute atomic E-state index is 0.110. The second-order valence-electron chi connectivity index (χ2n) is 4.41. The standard InChI is InChI=1S/C16H12BrClS2/c1-19-14-8-3-2-5-11(14)15(18)12-9-20-16-10(12)6-4-7-13(16)17/h2-9,15H,1H3. The fraction of sp³-hybridized carbons (Fsp3) is 0.125. The quantitative estimate of drug-likeness (QED) is 0.357. The Morgan fingerprint density at radius 3 is 2.70 bits per heavy atom. The number of hydrogen-bond donors (Lipinski definition) is 0. The molecule has 4 heteroatoms. The second kappa shape index (κ2) is 6.10. The maximum absolute atomic E-state index is 6.77. The Labute approximate surface area is 140 Å². The van der Waals surface area contributed by atoms with Crippen molar-refractivity contribution in [3.05, 3.63) is 63.4 Å². The fourth-order valence-electron chi connectivity index (χ4n) is 2.28. The largest absolute Gasteiger partial charge is 0.142 e. The van der Waals surface area contributed by atoms with Crippen LogP contribution in [0.1, 0.15) is 16.5 Å². The fourth-order valence-corrected chi connectivity index (χ4v) is 5.08. The van der Waals surface area contributed by atoms with Crippen LogP contribution in [0.2, 0.25) is 0 Å². The average molecular weight is 384 g/mol. The van der Waals surface area contributed by atoms with E-state index in [-0.39, 0.29) is 5.38 Å². The number of thiophene rings is 1. The molecule has 0 fully saturated rings. The molecule has 3 aromatic rings. The molecular weight excluding hydrogens is 372 g/mol. The highest BCUT2D eigenvalue weighted by atomic mass is 79.9. The summed E-state index contributed by atoms with van der Waals surface area (Å²) in [6.07, 6.45) is 2.09. The van der Waals surface area contributed by atoms with Crippen LogP contribution in [0.25, 0.3) is 10.1 Å². The molecule has 102 valence electrons. The molecule has 0 saturated heterocycles. The SMILES string of the molecule is CSc1ccccc1C(Cl)c1csc2c(Br)cccc12. The molecule has 0 aliphatic heterocycles. The van der Waals surface area contributed by atoms with E-state index in [0.717, 1.165) is 4.47 Å². The summed E-state index contributed by atoms with van der Waals surface area (Å²) < 4.78 is 2.39. The Hall–Kier alpha value is -0.480. The monoisotopic (exact) mass is 382 g/mol. The number of alkyl halides is 1. The van der Waals surface area contributed by atoms with Gasteiger partial charge >= 0.3 is 0 Å². The minimum Gasteiger partial charge on any atom is -0.142 e.